The van der Waals surface area contributed by atoms with Gasteiger partial charge in [0.2, 0.25) is 0 Å². The average Bonchev–Trinajstić information content (AvgIpc) is 2.66. The number of nitrogens with zero attached hydrogens (tertiary/aromatic N) is 1. The Bertz CT molecular complexity index is 353. The van der Waals surface area contributed by atoms with Crippen molar-refractivity contribution in [2.24, 2.45) is 5.92 Å². The molecule has 0 amide bonds. The van der Waals surface area contributed by atoms with E-state index in [0.717, 1.165) is 24.0 Å². The Hall–Kier alpha value is -0.540. The predicted molar refractivity (Wildman–Crippen MR) is 66.3 cm³/mol. The molecule has 1 saturated heterocycles. The van der Waals surface area contributed by atoms with Crippen LogP contribution in [0.15, 0.2) is 22.7 Å². The third-order valence-electron chi connectivity index (χ3n) is 3.04. The van der Waals surface area contributed by atoms with Crippen LogP contribution in [0, 0.1) is 12.8 Å². The topological polar surface area (TPSA) is 23.5 Å². The van der Waals surface area contributed by atoms with E-state index in [1.807, 2.05) is 0 Å². The molecule has 1 atom stereocenters. The molecule has 2 nitrogen and oxygen atoms in total. The van der Waals surface area contributed by atoms with Crippen LogP contribution >= 0.6 is 15.9 Å². The highest BCUT2D eigenvalue weighted by molar-refractivity contribution is 9.10. The molecule has 1 aliphatic heterocycles. The lowest BCUT2D eigenvalue weighted by Gasteiger charge is -2.20. The van der Waals surface area contributed by atoms with E-state index in [9.17, 15) is 0 Å². The number of aliphatic hydroxyl groups excluding tert-OH is 1. The van der Waals surface area contributed by atoms with Crippen LogP contribution in [0.5, 0.6) is 0 Å². The maximum Gasteiger partial charge on any atom is 0.0476 e. The molecule has 15 heavy (non-hydrogen) atoms. The first-order chi connectivity index (χ1) is 7.20. The van der Waals surface area contributed by atoms with Crippen LogP contribution in [0.2, 0.25) is 0 Å². The predicted octanol–water partition coefficient (Wildman–Crippen LogP) is 2.58. The van der Waals surface area contributed by atoms with Crippen LogP contribution < -0.4 is 4.90 Å². The van der Waals surface area contributed by atoms with Crippen LogP contribution in [0.25, 0.3) is 0 Å². The molecule has 0 radical (unpaired) electrons. The van der Waals surface area contributed by atoms with Crippen molar-refractivity contribution in [1.29, 1.82) is 0 Å². The summed E-state index contributed by atoms with van der Waals surface area (Å²) in [6.07, 6.45) is 1.10. The van der Waals surface area contributed by atoms with Gasteiger partial charge in [0.1, 0.15) is 0 Å². The van der Waals surface area contributed by atoms with Crippen LogP contribution in [0.1, 0.15) is 12.0 Å². The Morgan fingerprint density at radius 1 is 1.53 bits per heavy atom. The van der Waals surface area contributed by atoms with Crippen LogP contribution in [-0.4, -0.2) is 24.8 Å². The number of rotatable bonds is 2. The van der Waals surface area contributed by atoms with E-state index in [0.29, 0.717) is 12.5 Å². The van der Waals surface area contributed by atoms with Crippen molar-refractivity contribution in [3.05, 3.63) is 28.2 Å². The summed E-state index contributed by atoms with van der Waals surface area (Å²) in [5.74, 6) is 0.452. The molecule has 0 aromatic heterocycles. The van der Waals surface area contributed by atoms with Crippen molar-refractivity contribution in [2.75, 3.05) is 24.6 Å². The Morgan fingerprint density at radius 2 is 2.33 bits per heavy atom. The van der Waals surface area contributed by atoms with Crippen molar-refractivity contribution in [3.8, 4) is 0 Å². The first-order valence-electron chi connectivity index (χ1n) is 5.32. The summed E-state index contributed by atoms with van der Waals surface area (Å²) >= 11 is 3.47. The Morgan fingerprint density at radius 3 is 2.93 bits per heavy atom. The number of hydrogen-bond donors (Lipinski definition) is 1. The van der Waals surface area contributed by atoms with Gasteiger partial charge in [-0.2, -0.15) is 0 Å². The molecule has 3 heteroatoms. The largest absolute Gasteiger partial charge is 0.396 e. The SMILES string of the molecule is Cc1cc(Br)ccc1N1CCC(CO)C1. The minimum atomic E-state index is 0.312. The summed E-state index contributed by atoms with van der Waals surface area (Å²) < 4.78 is 1.13. The molecule has 0 saturated carbocycles. The number of anilines is 1. The molecule has 1 aromatic rings. The van der Waals surface area contributed by atoms with Gasteiger partial charge in [0.05, 0.1) is 0 Å². The number of hydrogen-bond acceptors (Lipinski definition) is 2. The molecule has 1 aliphatic rings. The molecule has 1 heterocycles. The van der Waals surface area contributed by atoms with Gasteiger partial charge < -0.3 is 10.0 Å². The molecular formula is C12H16BrNO. The van der Waals surface area contributed by atoms with E-state index in [4.69, 9.17) is 5.11 Å². The zero-order valence-electron chi connectivity index (χ0n) is 8.91. The van der Waals surface area contributed by atoms with Gasteiger partial charge in [-0.1, -0.05) is 15.9 Å². The molecule has 1 unspecified atom stereocenters. The Kier molecular flexibility index (Phi) is 3.32. The summed E-state index contributed by atoms with van der Waals surface area (Å²) in [5, 5.41) is 9.11. The van der Waals surface area contributed by atoms with Gasteiger partial charge in [0, 0.05) is 35.8 Å². The Balaban J connectivity index is 2.17. The standard InChI is InChI=1S/C12H16BrNO/c1-9-6-11(13)2-3-12(9)14-5-4-10(7-14)8-15/h2-3,6,10,15H,4-5,7-8H2,1H3. The molecule has 0 bridgehead atoms. The smallest absolute Gasteiger partial charge is 0.0476 e. The number of aliphatic hydroxyl groups is 1. The maximum atomic E-state index is 9.11. The van der Waals surface area contributed by atoms with Crippen LogP contribution in [0.3, 0.4) is 0 Å². The van der Waals surface area contributed by atoms with Crippen molar-refractivity contribution in [3.63, 3.8) is 0 Å². The molecule has 2 rings (SSSR count). The van der Waals surface area contributed by atoms with Gasteiger partial charge in [0.25, 0.3) is 0 Å². The second-order valence-corrected chi connectivity index (χ2v) is 5.13. The van der Waals surface area contributed by atoms with E-state index in [1.54, 1.807) is 0 Å². The normalized spacial score (nSPS) is 21.0. The van der Waals surface area contributed by atoms with Crippen LogP contribution in [0.4, 0.5) is 5.69 Å². The molecule has 82 valence electrons. The number of benzene rings is 1. The zero-order valence-corrected chi connectivity index (χ0v) is 10.5. The maximum absolute atomic E-state index is 9.11. The van der Waals surface area contributed by atoms with Gasteiger partial charge in [0.15, 0.2) is 0 Å². The lowest BCUT2D eigenvalue weighted by Crippen LogP contribution is -2.21. The van der Waals surface area contributed by atoms with E-state index >= 15 is 0 Å². The molecule has 1 N–H and O–H groups in total. The van der Waals surface area contributed by atoms with Gasteiger partial charge in [-0.3, -0.25) is 0 Å². The quantitative estimate of drug-likeness (QED) is 0.892. The molecule has 1 aromatic carbocycles. The van der Waals surface area contributed by atoms with Crippen molar-refractivity contribution < 1.29 is 5.11 Å². The van der Waals surface area contributed by atoms with Gasteiger partial charge >= 0.3 is 0 Å². The molecule has 0 aliphatic carbocycles. The lowest BCUT2D eigenvalue weighted by molar-refractivity contribution is 0.238. The second kappa shape index (κ2) is 4.54. The van der Waals surface area contributed by atoms with Gasteiger partial charge in [-0.15, -0.1) is 0 Å². The molecular weight excluding hydrogens is 254 g/mol. The Labute approximate surface area is 99.0 Å². The molecule has 1 fully saturated rings. The minimum Gasteiger partial charge on any atom is -0.396 e. The summed E-state index contributed by atoms with van der Waals surface area (Å²) in [6, 6.07) is 6.37. The van der Waals surface area contributed by atoms with E-state index in [-0.39, 0.29) is 0 Å². The zero-order chi connectivity index (χ0) is 10.8. The fourth-order valence-electron chi connectivity index (χ4n) is 2.17. The number of halogens is 1. The average molecular weight is 270 g/mol. The minimum absolute atomic E-state index is 0.312. The highest BCUT2D eigenvalue weighted by Gasteiger charge is 2.22. The third-order valence-corrected chi connectivity index (χ3v) is 3.54. The first kappa shape index (κ1) is 11.0. The van der Waals surface area contributed by atoms with Crippen LogP contribution in [-0.2, 0) is 0 Å². The second-order valence-electron chi connectivity index (χ2n) is 4.21. The van der Waals surface area contributed by atoms with Gasteiger partial charge in [-0.05, 0) is 37.1 Å². The molecule has 0 spiro atoms. The summed E-state index contributed by atoms with van der Waals surface area (Å²) in [6.45, 7) is 4.49. The fraction of sp³-hybridized carbons (Fsp3) is 0.500. The summed E-state index contributed by atoms with van der Waals surface area (Å²) in [5.41, 5.74) is 2.59. The first-order valence-corrected chi connectivity index (χ1v) is 6.12. The third kappa shape index (κ3) is 2.34. The number of aryl methyl sites for hydroxylation is 1. The highest BCUT2D eigenvalue weighted by Crippen LogP contribution is 2.28. The van der Waals surface area contributed by atoms with E-state index in [2.05, 4.69) is 46.0 Å². The van der Waals surface area contributed by atoms with E-state index < -0.39 is 0 Å². The van der Waals surface area contributed by atoms with Crippen molar-refractivity contribution in [2.45, 2.75) is 13.3 Å². The lowest BCUT2D eigenvalue weighted by atomic mass is 10.1. The fourth-order valence-corrected chi connectivity index (χ4v) is 2.65. The van der Waals surface area contributed by atoms with E-state index in [1.165, 1.54) is 11.3 Å². The summed E-state index contributed by atoms with van der Waals surface area (Å²) in [7, 11) is 0. The summed E-state index contributed by atoms with van der Waals surface area (Å²) in [4.78, 5) is 2.36. The van der Waals surface area contributed by atoms with Crippen molar-refractivity contribution >= 4 is 21.6 Å². The highest BCUT2D eigenvalue weighted by atomic mass is 79.9. The van der Waals surface area contributed by atoms with Gasteiger partial charge in [-0.25, -0.2) is 0 Å². The monoisotopic (exact) mass is 269 g/mol. The van der Waals surface area contributed by atoms with Crippen molar-refractivity contribution in [1.82, 2.24) is 0 Å².